The molecule has 0 saturated carbocycles. The third kappa shape index (κ3) is 3.07. The molecule has 1 aromatic heterocycles. The summed E-state index contributed by atoms with van der Waals surface area (Å²) < 4.78 is 18.8. The first kappa shape index (κ1) is 18.6. The van der Waals surface area contributed by atoms with Crippen LogP contribution in [0.5, 0.6) is 0 Å². The van der Waals surface area contributed by atoms with Crippen LogP contribution in [-0.2, 0) is 17.7 Å². The van der Waals surface area contributed by atoms with Crippen molar-refractivity contribution in [3.05, 3.63) is 77.6 Å². The molecule has 1 aliphatic rings. The van der Waals surface area contributed by atoms with E-state index in [9.17, 15) is 9.18 Å². The fraction of sp³-hybridized carbons (Fsp3) is 0.200. The standard InChI is InChI=1S/C25H21FN2O2/c1-2-30-25(29)28-14-13-20-21(15-28)24(17-7-10-18(26)11-8-17)27-22-12-9-16-5-3-4-6-19(16)23(20)22/h3-12H,2,13-15H2,1H3. The molecule has 0 fully saturated rings. The zero-order valence-electron chi connectivity index (χ0n) is 16.7. The first-order valence-corrected chi connectivity index (χ1v) is 10.2. The highest BCUT2D eigenvalue weighted by Crippen LogP contribution is 2.37. The molecule has 0 radical (unpaired) electrons. The van der Waals surface area contributed by atoms with Crippen molar-refractivity contribution >= 4 is 27.8 Å². The molecule has 0 N–H and O–H groups in total. The van der Waals surface area contributed by atoms with Crippen LogP contribution in [0.4, 0.5) is 9.18 Å². The van der Waals surface area contributed by atoms with E-state index in [4.69, 9.17) is 9.72 Å². The summed E-state index contributed by atoms with van der Waals surface area (Å²) in [6.45, 7) is 3.17. The van der Waals surface area contributed by atoms with Crippen LogP contribution in [0.2, 0.25) is 0 Å². The Kier molecular flexibility index (Phi) is 4.58. The van der Waals surface area contributed by atoms with Gasteiger partial charge in [0.1, 0.15) is 5.82 Å². The summed E-state index contributed by atoms with van der Waals surface area (Å²) in [6.07, 6.45) is 0.404. The van der Waals surface area contributed by atoms with Gasteiger partial charge in [-0.2, -0.15) is 0 Å². The lowest BCUT2D eigenvalue weighted by Crippen LogP contribution is -2.37. The molecule has 0 unspecified atom stereocenters. The molecule has 0 spiro atoms. The molecule has 0 aliphatic carbocycles. The van der Waals surface area contributed by atoms with Crippen LogP contribution in [0.3, 0.4) is 0 Å². The Morgan fingerprint density at radius 2 is 1.87 bits per heavy atom. The minimum Gasteiger partial charge on any atom is -0.450 e. The van der Waals surface area contributed by atoms with Gasteiger partial charge < -0.3 is 9.64 Å². The fourth-order valence-electron chi connectivity index (χ4n) is 4.33. The van der Waals surface area contributed by atoms with Crippen molar-refractivity contribution in [1.82, 2.24) is 9.88 Å². The van der Waals surface area contributed by atoms with Gasteiger partial charge in [0, 0.05) is 23.1 Å². The maximum absolute atomic E-state index is 13.5. The summed E-state index contributed by atoms with van der Waals surface area (Å²) >= 11 is 0. The largest absolute Gasteiger partial charge is 0.450 e. The molecule has 0 atom stereocenters. The van der Waals surface area contributed by atoms with E-state index in [-0.39, 0.29) is 11.9 Å². The number of halogens is 1. The third-order valence-corrected chi connectivity index (χ3v) is 5.72. The Morgan fingerprint density at radius 1 is 1.07 bits per heavy atom. The van der Waals surface area contributed by atoms with E-state index >= 15 is 0 Å². The van der Waals surface area contributed by atoms with Gasteiger partial charge >= 0.3 is 6.09 Å². The van der Waals surface area contributed by atoms with E-state index in [2.05, 4.69) is 18.2 Å². The van der Waals surface area contributed by atoms with Crippen LogP contribution in [0, 0.1) is 5.82 Å². The zero-order chi connectivity index (χ0) is 20.7. The van der Waals surface area contributed by atoms with Crippen LogP contribution < -0.4 is 0 Å². The average molecular weight is 400 g/mol. The summed E-state index contributed by atoms with van der Waals surface area (Å²) in [5.41, 5.74) is 4.76. The topological polar surface area (TPSA) is 42.4 Å². The number of nitrogens with zero attached hydrogens (tertiary/aromatic N) is 2. The lowest BCUT2D eigenvalue weighted by Gasteiger charge is -2.30. The van der Waals surface area contributed by atoms with Crippen molar-refractivity contribution in [1.29, 1.82) is 0 Å². The number of rotatable bonds is 2. The number of pyridine rings is 1. The van der Waals surface area contributed by atoms with E-state index < -0.39 is 0 Å². The predicted octanol–water partition coefficient (Wildman–Crippen LogP) is 5.71. The molecule has 150 valence electrons. The lowest BCUT2D eigenvalue weighted by atomic mass is 9.89. The first-order chi connectivity index (χ1) is 14.7. The van der Waals surface area contributed by atoms with Gasteiger partial charge in [-0.15, -0.1) is 0 Å². The summed E-state index contributed by atoms with van der Waals surface area (Å²) in [6, 6.07) is 18.8. The molecule has 0 saturated heterocycles. The van der Waals surface area contributed by atoms with E-state index in [1.54, 1.807) is 24.0 Å². The van der Waals surface area contributed by atoms with Gasteiger partial charge in [0.2, 0.25) is 0 Å². The minimum absolute atomic E-state index is 0.285. The number of carbonyl (C=O) groups is 1. The second-order valence-corrected chi connectivity index (χ2v) is 7.48. The predicted molar refractivity (Wildman–Crippen MR) is 116 cm³/mol. The van der Waals surface area contributed by atoms with E-state index in [1.165, 1.54) is 17.7 Å². The molecule has 3 aromatic carbocycles. The van der Waals surface area contributed by atoms with Gasteiger partial charge in [-0.25, -0.2) is 14.2 Å². The summed E-state index contributed by atoms with van der Waals surface area (Å²) in [7, 11) is 0. The highest BCUT2D eigenvalue weighted by Gasteiger charge is 2.27. The molecule has 0 bridgehead atoms. The number of aromatic nitrogens is 1. The van der Waals surface area contributed by atoms with Gasteiger partial charge in [-0.3, -0.25) is 0 Å². The number of fused-ring (bicyclic) bond motifs is 5. The molecule has 5 rings (SSSR count). The molecule has 2 heterocycles. The van der Waals surface area contributed by atoms with E-state index in [0.29, 0.717) is 19.7 Å². The Balaban J connectivity index is 1.77. The van der Waals surface area contributed by atoms with Crippen molar-refractivity contribution in [3.8, 4) is 11.3 Å². The van der Waals surface area contributed by atoms with Crippen LogP contribution in [0.15, 0.2) is 60.7 Å². The highest BCUT2D eigenvalue weighted by molar-refractivity contribution is 6.09. The monoisotopic (exact) mass is 400 g/mol. The summed E-state index contributed by atoms with van der Waals surface area (Å²) in [4.78, 5) is 19.1. The van der Waals surface area contributed by atoms with Crippen molar-refractivity contribution < 1.29 is 13.9 Å². The molecular weight excluding hydrogens is 379 g/mol. The zero-order valence-corrected chi connectivity index (χ0v) is 16.7. The SMILES string of the molecule is CCOC(=O)N1CCc2c(c(-c3ccc(F)cc3)nc3ccc4ccccc4c23)C1. The van der Waals surface area contributed by atoms with Crippen molar-refractivity contribution in [2.24, 2.45) is 0 Å². The normalized spacial score (nSPS) is 13.5. The first-order valence-electron chi connectivity index (χ1n) is 10.2. The number of carbonyl (C=O) groups excluding carboxylic acids is 1. The van der Waals surface area contributed by atoms with Crippen molar-refractivity contribution in [3.63, 3.8) is 0 Å². The lowest BCUT2D eigenvalue weighted by molar-refractivity contribution is 0.103. The molecule has 5 heteroatoms. The van der Waals surface area contributed by atoms with E-state index in [1.807, 2.05) is 18.2 Å². The van der Waals surface area contributed by atoms with Gasteiger partial charge in [0.05, 0.1) is 24.4 Å². The molecule has 4 nitrogen and oxygen atoms in total. The van der Waals surface area contributed by atoms with Crippen LogP contribution in [0.25, 0.3) is 32.9 Å². The Hall–Kier alpha value is -3.47. The number of hydrogen-bond acceptors (Lipinski definition) is 3. The number of amides is 1. The van der Waals surface area contributed by atoms with Crippen molar-refractivity contribution in [2.45, 2.75) is 19.9 Å². The van der Waals surface area contributed by atoms with Crippen molar-refractivity contribution in [2.75, 3.05) is 13.2 Å². The second kappa shape index (κ2) is 7.41. The molecule has 30 heavy (non-hydrogen) atoms. The van der Waals surface area contributed by atoms with Crippen LogP contribution in [0.1, 0.15) is 18.1 Å². The molecule has 1 amide bonds. The quantitative estimate of drug-likeness (QED) is 0.405. The van der Waals surface area contributed by atoms with Gasteiger partial charge in [0.25, 0.3) is 0 Å². The third-order valence-electron chi connectivity index (χ3n) is 5.72. The van der Waals surface area contributed by atoms with Gasteiger partial charge in [-0.05, 0) is 60.0 Å². The maximum atomic E-state index is 13.5. The molecule has 1 aliphatic heterocycles. The number of ether oxygens (including phenoxy) is 1. The smallest absolute Gasteiger partial charge is 0.410 e. The highest BCUT2D eigenvalue weighted by atomic mass is 19.1. The van der Waals surface area contributed by atoms with Gasteiger partial charge in [0.15, 0.2) is 0 Å². The number of hydrogen-bond donors (Lipinski definition) is 0. The fourth-order valence-corrected chi connectivity index (χ4v) is 4.33. The Morgan fingerprint density at radius 3 is 2.67 bits per heavy atom. The second-order valence-electron chi connectivity index (χ2n) is 7.48. The minimum atomic E-state index is -0.314. The Bertz CT molecular complexity index is 1270. The van der Waals surface area contributed by atoms with Crippen LogP contribution >= 0.6 is 0 Å². The maximum Gasteiger partial charge on any atom is 0.410 e. The Labute approximate surface area is 173 Å². The van der Waals surface area contributed by atoms with Crippen LogP contribution in [-0.4, -0.2) is 29.1 Å². The molecule has 4 aromatic rings. The summed E-state index contributed by atoms with van der Waals surface area (Å²) in [5.74, 6) is -0.285. The molecular formula is C25H21FN2O2. The van der Waals surface area contributed by atoms with E-state index in [0.717, 1.165) is 44.9 Å². The van der Waals surface area contributed by atoms with Gasteiger partial charge in [-0.1, -0.05) is 30.3 Å². The summed E-state index contributed by atoms with van der Waals surface area (Å²) in [5, 5.41) is 3.46. The average Bonchev–Trinajstić information content (AvgIpc) is 2.78. The number of benzene rings is 3.